The Morgan fingerprint density at radius 2 is 1.14 bits per heavy atom. The Morgan fingerprint density at radius 1 is 0.759 bits per heavy atom. The van der Waals surface area contributed by atoms with Crippen LogP contribution >= 0.6 is 0 Å². The minimum absolute atomic E-state index is 0.142. The van der Waals surface area contributed by atoms with Gasteiger partial charge in [-0.1, -0.05) is 0 Å². The average molecular weight is 405 g/mol. The monoisotopic (exact) mass is 404 g/mol. The predicted molar refractivity (Wildman–Crippen MR) is 119 cm³/mol. The lowest BCUT2D eigenvalue weighted by Crippen LogP contribution is -3.16. The molecule has 160 valence electrons. The summed E-state index contributed by atoms with van der Waals surface area (Å²) in [7, 11) is 0. The van der Waals surface area contributed by atoms with Gasteiger partial charge < -0.3 is 43.0 Å². The fourth-order valence-electron chi connectivity index (χ4n) is 2.45. The zero-order valence-corrected chi connectivity index (χ0v) is 17.8. The Kier molecular flexibility index (Phi) is 5.96. The smallest absolute Gasteiger partial charge is 0.236 e. The Morgan fingerprint density at radius 3 is 1.48 bits per heavy atom. The molecule has 0 amide bonds. The van der Waals surface area contributed by atoms with Crippen molar-refractivity contribution >= 4 is 34.1 Å². The zero-order valence-electron chi connectivity index (χ0n) is 17.8. The van der Waals surface area contributed by atoms with Crippen molar-refractivity contribution in [2.24, 2.45) is 0 Å². The molecule has 1 unspecified atom stereocenters. The first-order valence-electron chi connectivity index (χ1n) is 9.23. The van der Waals surface area contributed by atoms with Crippen molar-refractivity contribution in [2.45, 2.75) is 52.7 Å². The quantitative estimate of drug-likeness (QED) is 0.327. The molecule has 0 bridgehead atoms. The van der Waals surface area contributed by atoms with Crippen LogP contribution in [0.1, 0.15) is 41.5 Å². The Bertz CT molecular complexity index is 841. The average Bonchev–Trinajstić information content (AvgIpc) is 2.52. The van der Waals surface area contributed by atoms with Crippen LogP contribution in [-0.4, -0.2) is 11.1 Å². The lowest BCUT2D eigenvalue weighted by molar-refractivity contribution is -1.06. The number of benzene rings is 2. The molecule has 0 heterocycles. The first kappa shape index (κ1) is 22.3. The highest BCUT2D eigenvalue weighted by atomic mass is 16.9. The van der Waals surface area contributed by atoms with Gasteiger partial charge in [0.2, 0.25) is 5.75 Å². The summed E-state index contributed by atoms with van der Waals surface area (Å²) in [5, 5.41) is 14.9. The third-order valence-corrected chi connectivity index (χ3v) is 3.80. The standard InChI is InChI=1S/C20H32N6O3/c1-19(2,3)26(27)29-18-15(23)9-12(10-16(18)24)25-11-7-13(21)17(14(22)8-11)28-20(4,5)6/h7-10,25-26H,21-24H2,1-6H3. The van der Waals surface area contributed by atoms with Gasteiger partial charge in [-0.15, -0.1) is 0 Å². The summed E-state index contributed by atoms with van der Waals surface area (Å²) in [6.07, 6.45) is 0. The maximum atomic E-state index is 12.1. The number of nitrogens with two attached hydrogens (primary N) is 4. The van der Waals surface area contributed by atoms with Crippen LogP contribution in [0.2, 0.25) is 0 Å². The molecule has 2 aromatic rings. The van der Waals surface area contributed by atoms with Crippen LogP contribution in [0.15, 0.2) is 24.3 Å². The summed E-state index contributed by atoms with van der Waals surface area (Å²) in [6.45, 7) is 11.0. The zero-order chi connectivity index (χ0) is 22.1. The van der Waals surface area contributed by atoms with E-state index in [0.29, 0.717) is 28.5 Å². The molecular weight excluding hydrogens is 372 g/mol. The third kappa shape index (κ3) is 5.72. The first-order valence-corrected chi connectivity index (χ1v) is 9.23. The van der Waals surface area contributed by atoms with Crippen LogP contribution in [-0.2, 0) is 0 Å². The van der Waals surface area contributed by atoms with Gasteiger partial charge in [-0.25, -0.2) is 0 Å². The minimum Gasteiger partial charge on any atom is -0.590 e. The number of hydrogen-bond acceptors (Lipinski definition) is 8. The van der Waals surface area contributed by atoms with Gasteiger partial charge in [0.05, 0.1) is 22.7 Å². The summed E-state index contributed by atoms with van der Waals surface area (Å²) < 4.78 is 5.82. The van der Waals surface area contributed by atoms with Crippen LogP contribution in [0.3, 0.4) is 0 Å². The van der Waals surface area contributed by atoms with Crippen molar-refractivity contribution in [2.75, 3.05) is 28.3 Å². The molecular formula is C20H32N6O3. The summed E-state index contributed by atoms with van der Waals surface area (Å²) in [5.74, 6) is 0.579. The topological polar surface area (TPSA) is 162 Å². The van der Waals surface area contributed by atoms with Gasteiger partial charge in [0, 0.05) is 11.4 Å². The van der Waals surface area contributed by atoms with Crippen LogP contribution in [0.5, 0.6) is 11.5 Å². The maximum Gasteiger partial charge on any atom is 0.236 e. The molecule has 2 rings (SSSR count). The van der Waals surface area contributed by atoms with E-state index < -0.39 is 16.4 Å². The molecule has 2 aromatic carbocycles. The molecule has 0 aliphatic rings. The van der Waals surface area contributed by atoms with Gasteiger partial charge in [0.1, 0.15) is 11.1 Å². The summed E-state index contributed by atoms with van der Waals surface area (Å²) >= 11 is 0. The van der Waals surface area contributed by atoms with Gasteiger partial charge in [0.25, 0.3) is 0 Å². The van der Waals surface area contributed by atoms with E-state index in [9.17, 15) is 5.21 Å². The Hall–Kier alpha value is -3.04. The summed E-state index contributed by atoms with van der Waals surface area (Å²) in [6, 6.07) is 6.65. The van der Waals surface area contributed by atoms with E-state index in [1.807, 2.05) is 20.8 Å². The van der Waals surface area contributed by atoms with Crippen molar-refractivity contribution < 1.29 is 14.8 Å². The number of rotatable bonds is 5. The van der Waals surface area contributed by atoms with E-state index in [1.54, 1.807) is 45.0 Å². The van der Waals surface area contributed by atoms with E-state index in [2.05, 4.69) is 5.32 Å². The van der Waals surface area contributed by atoms with E-state index in [0.717, 1.165) is 0 Å². The second-order valence-corrected chi connectivity index (χ2v) is 8.95. The molecule has 9 heteroatoms. The van der Waals surface area contributed by atoms with E-state index in [-0.39, 0.29) is 17.1 Å². The van der Waals surface area contributed by atoms with Gasteiger partial charge in [-0.2, -0.15) is 5.23 Å². The van der Waals surface area contributed by atoms with Crippen LogP contribution in [0.4, 0.5) is 34.1 Å². The fraction of sp³-hybridized carbons (Fsp3) is 0.400. The van der Waals surface area contributed by atoms with E-state index >= 15 is 0 Å². The third-order valence-electron chi connectivity index (χ3n) is 3.80. The van der Waals surface area contributed by atoms with Gasteiger partial charge in [-0.3, -0.25) is 0 Å². The second-order valence-electron chi connectivity index (χ2n) is 8.95. The lowest BCUT2D eigenvalue weighted by Gasteiger charge is -2.32. The number of anilines is 6. The first-order chi connectivity index (χ1) is 13.2. The molecule has 0 spiro atoms. The van der Waals surface area contributed by atoms with Gasteiger partial charge in [-0.05, 0) is 65.8 Å². The van der Waals surface area contributed by atoms with Crippen molar-refractivity contribution in [3.63, 3.8) is 0 Å². The SMILES string of the molecule is CC(C)(C)Oc1c(N)cc(Nc2cc(N)c(O[NH+]([O-])C(C)(C)C)c(N)c2)cc1N. The molecule has 0 saturated carbocycles. The summed E-state index contributed by atoms with van der Waals surface area (Å²) in [4.78, 5) is 5.37. The Balaban J connectivity index is 2.27. The highest BCUT2D eigenvalue weighted by Gasteiger charge is 2.23. The summed E-state index contributed by atoms with van der Waals surface area (Å²) in [5.41, 5.74) is 25.7. The number of ether oxygens (including phenoxy) is 1. The highest BCUT2D eigenvalue weighted by Crippen LogP contribution is 2.38. The molecule has 10 N–H and O–H groups in total. The molecule has 29 heavy (non-hydrogen) atoms. The number of nitrogens with one attached hydrogen (secondary N) is 2. The van der Waals surface area contributed by atoms with E-state index in [1.165, 1.54) is 0 Å². The van der Waals surface area contributed by atoms with Crippen molar-refractivity contribution in [3.8, 4) is 11.5 Å². The largest absolute Gasteiger partial charge is 0.590 e. The predicted octanol–water partition coefficient (Wildman–Crippen LogP) is 2.41. The molecule has 0 aliphatic heterocycles. The maximum absolute atomic E-state index is 12.1. The number of hydroxylamine groups is 2. The molecule has 0 fully saturated rings. The number of quaternary nitrogens is 1. The van der Waals surface area contributed by atoms with Crippen molar-refractivity contribution in [3.05, 3.63) is 29.5 Å². The van der Waals surface area contributed by atoms with E-state index in [4.69, 9.17) is 32.5 Å². The number of hydrogen-bond donors (Lipinski definition) is 6. The molecule has 1 atom stereocenters. The molecule has 9 nitrogen and oxygen atoms in total. The molecule has 0 radical (unpaired) electrons. The fourth-order valence-corrected chi connectivity index (χ4v) is 2.45. The molecule has 0 aromatic heterocycles. The molecule has 0 aliphatic carbocycles. The normalized spacial score (nSPS) is 13.1. The lowest BCUT2D eigenvalue weighted by atomic mass is 10.1. The van der Waals surface area contributed by atoms with Gasteiger partial charge >= 0.3 is 0 Å². The van der Waals surface area contributed by atoms with Crippen LogP contribution < -0.4 is 43.1 Å². The Labute approximate surface area is 171 Å². The van der Waals surface area contributed by atoms with Gasteiger partial charge in [0.15, 0.2) is 5.75 Å². The van der Waals surface area contributed by atoms with Crippen LogP contribution in [0.25, 0.3) is 0 Å². The molecule has 0 saturated heterocycles. The van der Waals surface area contributed by atoms with Crippen LogP contribution in [0, 0.1) is 5.21 Å². The minimum atomic E-state index is -0.679. The second kappa shape index (κ2) is 7.76. The number of nitrogen functional groups attached to an aromatic ring is 4. The highest BCUT2D eigenvalue weighted by molar-refractivity contribution is 5.80. The van der Waals surface area contributed by atoms with Crippen molar-refractivity contribution in [1.82, 2.24) is 0 Å². The van der Waals surface area contributed by atoms with Crippen molar-refractivity contribution in [1.29, 1.82) is 0 Å².